The second kappa shape index (κ2) is 37.4. The normalized spacial score (nSPS) is 19.9. The molecule has 0 spiro atoms. The number of ether oxygens (including phenoxy) is 4. The lowest BCUT2D eigenvalue weighted by atomic mass is 10.00. The van der Waals surface area contributed by atoms with E-state index >= 15 is 0 Å². The van der Waals surface area contributed by atoms with Crippen LogP contribution in [0.3, 0.4) is 0 Å². The number of piperazine rings is 3. The predicted molar refractivity (Wildman–Crippen MR) is 468 cm³/mol. The van der Waals surface area contributed by atoms with Gasteiger partial charge in [0.05, 0.1) is 49.9 Å². The van der Waals surface area contributed by atoms with Gasteiger partial charge >= 0.3 is 18.0 Å². The fourth-order valence-electron chi connectivity index (χ4n) is 18.4. The zero-order chi connectivity index (χ0) is 82.9. The lowest BCUT2D eigenvalue weighted by Crippen LogP contribution is -2.49. The Morgan fingerprint density at radius 2 is 0.800 bits per heavy atom. The first-order valence-corrected chi connectivity index (χ1v) is 42.6. The average Bonchev–Trinajstić information content (AvgIpc) is 0.774. The number of carbonyl (C=O) groups excluding carboxylic acids is 3. The Bertz CT molecular complexity index is 5010. The van der Waals surface area contributed by atoms with Gasteiger partial charge in [-0.05, 0) is 132 Å². The van der Waals surface area contributed by atoms with Crippen molar-refractivity contribution < 1.29 is 48.7 Å². The number of fused-ring (bicyclic) bond motifs is 6. The monoisotopic (exact) mass is 1630 g/mol. The van der Waals surface area contributed by atoms with Crippen molar-refractivity contribution in [2.75, 3.05) is 208 Å². The van der Waals surface area contributed by atoms with E-state index in [-0.39, 0.29) is 41.1 Å². The highest BCUT2D eigenvalue weighted by molar-refractivity contribution is 5.98. The van der Waals surface area contributed by atoms with Crippen LogP contribution in [0.25, 0.3) is 32.3 Å². The topological polar surface area (TPSA) is 265 Å². The maximum Gasteiger partial charge on any atom is 0.318 e. The molecular weight excluding hydrogens is 1520 g/mol. The maximum absolute atomic E-state index is 12.2. The summed E-state index contributed by atoms with van der Waals surface area (Å²) < 4.78 is 24.6. The van der Waals surface area contributed by atoms with Gasteiger partial charge < -0.3 is 93.1 Å². The molecule has 0 saturated carbocycles. The molecule has 6 saturated heterocycles. The van der Waals surface area contributed by atoms with E-state index in [1.165, 1.54) is 37.5 Å². The first-order valence-electron chi connectivity index (χ1n) is 42.6. The zero-order valence-corrected chi connectivity index (χ0v) is 69.5. The Kier molecular flexibility index (Phi) is 25.6. The van der Waals surface area contributed by atoms with Crippen LogP contribution in [0.4, 0.5) is 34.5 Å². The van der Waals surface area contributed by atoms with E-state index < -0.39 is 0 Å². The number of hydrogen-bond donors (Lipinski definition) is 3. The molecule has 2 unspecified atom stereocenters. The van der Waals surface area contributed by atoms with Gasteiger partial charge in [-0.25, -0.2) is 0 Å². The lowest BCUT2D eigenvalue weighted by molar-refractivity contribution is -0.127. The van der Waals surface area contributed by atoms with Gasteiger partial charge in [0.1, 0.15) is 54.0 Å². The number of aromatic nitrogens is 6. The van der Waals surface area contributed by atoms with E-state index in [1.54, 1.807) is 6.07 Å². The number of piperidine rings is 2. The van der Waals surface area contributed by atoms with Crippen molar-refractivity contribution in [3.63, 3.8) is 0 Å². The number of hydrogen-bond acceptors (Lipinski definition) is 25. The van der Waals surface area contributed by atoms with Crippen molar-refractivity contribution in [3.05, 3.63) is 181 Å². The highest BCUT2D eigenvalue weighted by Crippen LogP contribution is 2.42. The largest absolute Gasteiger partial charge is 0.508 e. The molecule has 3 aromatic heterocycles. The molecule has 12 heterocycles. The fourth-order valence-corrected chi connectivity index (χ4v) is 18.4. The molecule has 0 bridgehead atoms. The molecule has 28 heteroatoms. The second-order valence-electron chi connectivity index (χ2n) is 33.0. The molecule has 3 amide bonds. The third-order valence-electron chi connectivity index (χ3n) is 25.0. The number of rotatable bonds is 18. The Morgan fingerprint density at radius 3 is 1.18 bits per heavy atom. The first-order chi connectivity index (χ1) is 58.5. The molecule has 630 valence electrons. The minimum Gasteiger partial charge on any atom is -0.508 e. The number of anilines is 6. The van der Waals surface area contributed by atoms with Crippen LogP contribution < -0.4 is 43.6 Å². The lowest BCUT2D eigenvalue weighted by Gasteiger charge is -2.38. The van der Waals surface area contributed by atoms with E-state index in [2.05, 4.69) is 103 Å². The average molecular weight is 1630 g/mol. The summed E-state index contributed by atoms with van der Waals surface area (Å²) in [4.78, 5) is 92.2. The molecule has 9 aliphatic rings. The number of benzene rings is 6. The van der Waals surface area contributed by atoms with E-state index in [0.717, 1.165) is 185 Å². The molecule has 0 aliphatic carbocycles. The maximum atomic E-state index is 12.2. The molecule has 3 atom stereocenters. The molecule has 28 nitrogen and oxygen atoms in total. The van der Waals surface area contributed by atoms with Gasteiger partial charge in [-0.1, -0.05) is 99.0 Å². The molecule has 18 rings (SSSR count). The fraction of sp³-hybridized carbons (Fsp3) is 0.446. The van der Waals surface area contributed by atoms with E-state index in [1.807, 2.05) is 99.6 Å². The summed E-state index contributed by atoms with van der Waals surface area (Å²) in [6.07, 6.45) is 12.3. The molecular formula is C92H112N18O10. The highest BCUT2D eigenvalue weighted by atomic mass is 16.5. The van der Waals surface area contributed by atoms with Crippen LogP contribution in [-0.2, 0) is 58.0 Å². The quantitative estimate of drug-likeness (QED) is 0.0675. The number of likely N-dealkylation sites (tertiary alicyclic amines) is 2. The van der Waals surface area contributed by atoms with Crippen LogP contribution in [0.5, 0.6) is 35.3 Å². The smallest absolute Gasteiger partial charge is 0.318 e. The SMILES string of the molecule is C=CC(=O)N1CCN(c2nc(OCC3CCCCN3C)nc3c2CCN(c2cc(O)cc4ccccc24)C3)CC1.C=CC(=O)N1CCN(c2nc(OCC3CN(C)CCO3)nc3c2CCN(c2cc(O)cc4ccccc24)C3)CC1.C=CC(=O)N1CCN(c2nc(OC[C@@H]3CCCN(C)C3)nc3c2CCN(c2cc(O)cc4ccccc24)C3)CC1. The van der Waals surface area contributed by atoms with Crippen LogP contribution >= 0.6 is 0 Å². The summed E-state index contributed by atoms with van der Waals surface area (Å²) in [6, 6.07) is 36.9. The van der Waals surface area contributed by atoms with Gasteiger partial charge in [-0.2, -0.15) is 29.9 Å². The van der Waals surface area contributed by atoms with Crippen LogP contribution in [0, 0.1) is 5.92 Å². The third-order valence-corrected chi connectivity index (χ3v) is 25.0. The third kappa shape index (κ3) is 18.9. The number of amides is 3. The number of likely N-dealkylation sites (N-methyl/N-ethyl adjacent to an activating group) is 2. The van der Waals surface area contributed by atoms with Crippen molar-refractivity contribution in [2.24, 2.45) is 5.92 Å². The Hall–Kier alpha value is -11.6. The standard InChI is InChI=1S/2C31H38N6O3.C30H36N6O4/c1-3-29(39)35-14-16-36(17-15-35)30-26-11-13-37(28-19-24(38)18-22-8-4-5-10-25(22)28)20-27(26)32-31(33-30)40-21-23-9-6-7-12-34(23)2;1-3-29(39)35-13-15-36(16-14-35)30-26-10-12-37(28-18-24(38)17-23-8-4-5-9-25(23)28)20-27(26)32-31(33-30)40-21-22-7-6-11-34(2)19-22;1-3-28(38)34-10-12-35(13-11-34)29-25-8-9-36(27-17-22(37)16-21-6-4-5-7-24(21)27)19-26(25)31-30(32-29)40-20-23-18-33(2)14-15-39-23/h3-5,8,10,18-19,23,38H,1,6-7,9,11-17,20-21H2,2H3;3-5,8-9,17-18,22,38H,1,6-7,10-16,19-21H2,2H3;3-7,16-17,23,37H,1,8-15,18-20H2,2H3/t;22-;/m.1./s1. The second-order valence-corrected chi connectivity index (χ2v) is 33.0. The first kappa shape index (κ1) is 82.1. The van der Waals surface area contributed by atoms with Crippen LogP contribution in [-0.4, -0.2) is 283 Å². The van der Waals surface area contributed by atoms with Crippen molar-refractivity contribution in [2.45, 2.75) is 83.1 Å². The summed E-state index contributed by atoms with van der Waals surface area (Å²) >= 11 is 0. The van der Waals surface area contributed by atoms with Crippen LogP contribution in [0.2, 0.25) is 0 Å². The summed E-state index contributed by atoms with van der Waals surface area (Å²) in [7, 11) is 6.41. The number of phenols is 3. The number of morpholine rings is 1. The van der Waals surface area contributed by atoms with E-state index in [9.17, 15) is 29.7 Å². The van der Waals surface area contributed by atoms with Crippen molar-refractivity contribution >= 4 is 84.6 Å². The number of aromatic hydroxyl groups is 3. The molecule has 0 radical (unpaired) electrons. The van der Waals surface area contributed by atoms with Gasteiger partial charge in [0, 0.05) is 198 Å². The van der Waals surface area contributed by atoms with Crippen LogP contribution in [0.15, 0.2) is 147 Å². The molecule has 120 heavy (non-hydrogen) atoms. The molecule has 6 fully saturated rings. The van der Waals surface area contributed by atoms with Gasteiger partial charge in [-0.3, -0.25) is 14.4 Å². The minimum absolute atomic E-state index is 0.0279. The van der Waals surface area contributed by atoms with Crippen LogP contribution in [0.1, 0.15) is 65.9 Å². The highest BCUT2D eigenvalue weighted by Gasteiger charge is 2.35. The summed E-state index contributed by atoms with van der Waals surface area (Å²) in [5.74, 6) is 3.86. The van der Waals surface area contributed by atoms with Crippen molar-refractivity contribution in [3.8, 4) is 35.3 Å². The Balaban J connectivity index is 0.000000134. The zero-order valence-electron chi connectivity index (χ0n) is 69.5. The van der Waals surface area contributed by atoms with E-state index in [4.69, 9.17) is 48.9 Å². The Morgan fingerprint density at radius 1 is 0.417 bits per heavy atom. The number of nitrogens with zero attached hydrogens (tertiary/aromatic N) is 18. The number of carbonyl (C=O) groups is 3. The molecule has 6 aromatic carbocycles. The van der Waals surface area contributed by atoms with Gasteiger partial charge in [0.15, 0.2) is 0 Å². The summed E-state index contributed by atoms with van der Waals surface area (Å²) in [6.45, 7) is 30.2. The van der Waals surface area contributed by atoms with E-state index in [0.29, 0.717) is 155 Å². The van der Waals surface area contributed by atoms with Gasteiger partial charge in [0.25, 0.3) is 0 Å². The van der Waals surface area contributed by atoms with Gasteiger partial charge in [-0.15, -0.1) is 0 Å². The van der Waals surface area contributed by atoms with Crippen molar-refractivity contribution in [1.82, 2.24) is 59.3 Å². The van der Waals surface area contributed by atoms with Crippen molar-refractivity contribution in [1.29, 1.82) is 0 Å². The van der Waals surface area contributed by atoms with Gasteiger partial charge in [0.2, 0.25) is 17.7 Å². The predicted octanol–water partition coefficient (Wildman–Crippen LogP) is 9.49. The summed E-state index contributed by atoms with van der Waals surface area (Å²) in [5, 5.41) is 37.7. The molecule has 9 aromatic rings. The Labute approximate surface area is 702 Å². The number of phenolic OH excluding ortho intramolecular Hbond substituents is 3. The molecule has 9 aliphatic heterocycles. The molecule has 3 N–H and O–H groups in total. The summed E-state index contributed by atoms with van der Waals surface area (Å²) in [5.41, 5.74) is 9.24. The minimum atomic E-state index is -0.0418.